The summed E-state index contributed by atoms with van der Waals surface area (Å²) < 4.78 is 26.6. The Balaban J connectivity index is 2.07. The number of halogens is 2. The van der Waals surface area contributed by atoms with Gasteiger partial charge < -0.3 is 10.2 Å². The van der Waals surface area contributed by atoms with E-state index in [4.69, 9.17) is 0 Å². The lowest BCUT2D eigenvalue weighted by Crippen LogP contribution is -2.47. The zero-order valence-corrected chi connectivity index (χ0v) is 12.4. The van der Waals surface area contributed by atoms with E-state index in [1.807, 2.05) is 11.8 Å². The van der Waals surface area contributed by atoms with Gasteiger partial charge in [0.15, 0.2) is 0 Å². The number of hydrogen-bond acceptors (Lipinski definition) is 2. The molecule has 0 unspecified atom stereocenters. The number of nitrogens with zero attached hydrogens (tertiary/aromatic N) is 1. The molecule has 5 heteroatoms. The van der Waals surface area contributed by atoms with E-state index in [2.05, 4.69) is 5.32 Å². The van der Waals surface area contributed by atoms with Crippen molar-refractivity contribution in [2.75, 3.05) is 19.6 Å². The maximum absolute atomic E-state index is 13.7. The standard InChI is InChI=1S/C16H22F2N2O/c1-2-9-20(14-5-7-19-8-6-14)16(21)10-12-3-4-13(17)11-15(12)18/h3-4,11,14,19H,2,5-10H2,1H3. The predicted molar refractivity (Wildman–Crippen MR) is 78.0 cm³/mol. The fourth-order valence-electron chi connectivity index (χ4n) is 2.80. The average molecular weight is 296 g/mol. The highest BCUT2D eigenvalue weighted by Crippen LogP contribution is 2.16. The molecule has 0 aliphatic carbocycles. The van der Waals surface area contributed by atoms with Crippen molar-refractivity contribution in [3.63, 3.8) is 0 Å². The van der Waals surface area contributed by atoms with E-state index in [0.717, 1.165) is 38.4 Å². The molecule has 1 aromatic carbocycles. The Morgan fingerprint density at radius 1 is 1.33 bits per heavy atom. The lowest BCUT2D eigenvalue weighted by atomic mass is 10.0. The molecular weight excluding hydrogens is 274 g/mol. The molecule has 116 valence electrons. The smallest absolute Gasteiger partial charge is 0.227 e. The van der Waals surface area contributed by atoms with Crippen LogP contribution in [0.2, 0.25) is 0 Å². The largest absolute Gasteiger partial charge is 0.339 e. The Morgan fingerprint density at radius 3 is 2.67 bits per heavy atom. The molecule has 1 saturated heterocycles. The first kappa shape index (κ1) is 15.9. The van der Waals surface area contributed by atoms with Crippen molar-refractivity contribution in [1.82, 2.24) is 10.2 Å². The summed E-state index contributed by atoms with van der Waals surface area (Å²) in [6.07, 6.45) is 2.73. The van der Waals surface area contributed by atoms with Crippen molar-refractivity contribution < 1.29 is 13.6 Å². The maximum Gasteiger partial charge on any atom is 0.227 e. The lowest BCUT2D eigenvalue weighted by molar-refractivity contribution is -0.133. The van der Waals surface area contributed by atoms with Crippen LogP contribution in [-0.2, 0) is 11.2 Å². The molecule has 0 bridgehead atoms. The molecule has 0 radical (unpaired) electrons. The van der Waals surface area contributed by atoms with E-state index in [1.54, 1.807) is 0 Å². The predicted octanol–water partition coefficient (Wildman–Crippen LogP) is 2.50. The highest BCUT2D eigenvalue weighted by Gasteiger charge is 2.25. The molecule has 0 saturated carbocycles. The van der Waals surface area contributed by atoms with Crippen LogP contribution in [0.5, 0.6) is 0 Å². The van der Waals surface area contributed by atoms with Gasteiger partial charge in [0.2, 0.25) is 5.91 Å². The summed E-state index contributed by atoms with van der Waals surface area (Å²) >= 11 is 0. The maximum atomic E-state index is 13.7. The van der Waals surface area contributed by atoms with Crippen molar-refractivity contribution >= 4 is 5.91 Å². The van der Waals surface area contributed by atoms with Gasteiger partial charge >= 0.3 is 0 Å². The molecule has 1 aliphatic heterocycles. The van der Waals surface area contributed by atoms with E-state index < -0.39 is 11.6 Å². The molecule has 1 N–H and O–H groups in total. The van der Waals surface area contributed by atoms with Gasteiger partial charge in [-0.15, -0.1) is 0 Å². The summed E-state index contributed by atoms with van der Waals surface area (Å²) in [4.78, 5) is 14.3. The van der Waals surface area contributed by atoms with Gasteiger partial charge in [0.25, 0.3) is 0 Å². The Morgan fingerprint density at radius 2 is 2.05 bits per heavy atom. The second-order valence-corrected chi connectivity index (χ2v) is 5.48. The van der Waals surface area contributed by atoms with Gasteiger partial charge in [-0.25, -0.2) is 8.78 Å². The van der Waals surface area contributed by atoms with Crippen LogP contribution in [0.3, 0.4) is 0 Å². The number of carbonyl (C=O) groups excluding carboxylic acids is 1. The van der Waals surface area contributed by atoms with Crippen molar-refractivity contribution in [3.8, 4) is 0 Å². The Kier molecular flexibility index (Phi) is 5.67. The molecule has 3 nitrogen and oxygen atoms in total. The van der Waals surface area contributed by atoms with Gasteiger partial charge in [-0.3, -0.25) is 4.79 Å². The number of benzene rings is 1. The van der Waals surface area contributed by atoms with Crippen LogP contribution < -0.4 is 5.32 Å². The molecule has 0 atom stereocenters. The molecule has 0 spiro atoms. The zero-order chi connectivity index (χ0) is 15.2. The highest BCUT2D eigenvalue weighted by molar-refractivity contribution is 5.79. The molecule has 0 aromatic heterocycles. The zero-order valence-electron chi connectivity index (χ0n) is 12.4. The van der Waals surface area contributed by atoms with Crippen molar-refractivity contribution in [3.05, 3.63) is 35.4 Å². The number of piperidine rings is 1. The second kappa shape index (κ2) is 7.50. The summed E-state index contributed by atoms with van der Waals surface area (Å²) in [5.74, 6) is -1.34. The normalized spacial score (nSPS) is 16.0. The minimum atomic E-state index is -0.648. The summed E-state index contributed by atoms with van der Waals surface area (Å²) in [7, 11) is 0. The first-order valence-corrected chi connectivity index (χ1v) is 7.56. The number of amides is 1. The highest BCUT2D eigenvalue weighted by atomic mass is 19.1. The van der Waals surface area contributed by atoms with Crippen LogP contribution in [0.15, 0.2) is 18.2 Å². The second-order valence-electron chi connectivity index (χ2n) is 5.48. The fraction of sp³-hybridized carbons (Fsp3) is 0.562. The van der Waals surface area contributed by atoms with E-state index in [0.29, 0.717) is 6.54 Å². The first-order chi connectivity index (χ1) is 10.1. The topological polar surface area (TPSA) is 32.3 Å². The van der Waals surface area contributed by atoms with E-state index in [-0.39, 0.29) is 23.9 Å². The number of hydrogen-bond donors (Lipinski definition) is 1. The van der Waals surface area contributed by atoms with Crippen LogP contribution in [0.25, 0.3) is 0 Å². The number of rotatable bonds is 5. The molecule has 21 heavy (non-hydrogen) atoms. The van der Waals surface area contributed by atoms with Crippen molar-refractivity contribution in [2.24, 2.45) is 0 Å². The third kappa shape index (κ3) is 4.24. The quantitative estimate of drug-likeness (QED) is 0.905. The number of nitrogens with one attached hydrogen (secondary N) is 1. The molecule has 1 fully saturated rings. The average Bonchev–Trinajstić information content (AvgIpc) is 2.48. The van der Waals surface area contributed by atoms with Crippen LogP contribution in [-0.4, -0.2) is 36.5 Å². The van der Waals surface area contributed by atoms with Gasteiger partial charge in [-0.05, 0) is 44.0 Å². The monoisotopic (exact) mass is 296 g/mol. The number of carbonyl (C=O) groups is 1. The van der Waals surface area contributed by atoms with Crippen molar-refractivity contribution in [2.45, 2.75) is 38.6 Å². The third-order valence-corrected chi connectivity index (χ3v) is 3.89. The van der Waals surface area contributed by atoms with Gasteiger partial charge in [-0.1, -0.05) is 13.0 Å². The molecule has 1 aliphatic rings. The SMILES string of the molecule is CCCN(C(=O)Cc1ccc(F)cc1F)C1CCNCC1. The molecule has 1 heterocycles. The molecule has 2 rings (SSSR count). The summed E-state index contributed by atoms with van der Waals surface area (Å²) in [5, 5.41) is 3.28. The first-order valence-electron chi connectivity index (χ1n) is 7.56. The van der Waals surface area contributed by atoms with Crippen LogP contribution in [0, 0.1) is 11.6 Å². The van der Waals surface area contributed by atoms with Crippen LogP contribution in [0.4, 0.5) is 8.78 Å². The van der Waals surface area contributed by atoms with Crippen LogP contribution in [0.1, 0.15) is 31.7 Å². The lowest BCUT2D eigenvalue weighted by Gasteiger charge is -2.34. The van der Waals surface area contributed by atoms with Gasteiger partial charge in [-0.2, -0.15) is 0 Å². The third-order valence-electron chi connectivity index (χ3n) is 3.89. The molecule has 1 aromatic rings. The van der Waals surface area contributed by atoms with Crippen molar-refractivity contribution in [1.29, 1.82) is 0 Å². The Labute approximate surface area is 124 Å². The fourth-order valence-corrected chi connectivity index (χ4v) is 2.80. The minimum absolute atomic E-state index is 0.00393. The molecule has 1 amide bonds. The minimum Gasteiger partial charge on any atom is -0.339 e. The summed E-state index contributed by atoms with van der Waals surface area (Å²) in [6.45, 7) is 4.53. The van der Waals surface area contributed by atoms with Gasteiger partial charge in [0, 0.05) is 18.7 Å². The van der Waals surface area contributed by atoms with E-state index >= 15 is 0 Å². The molecular formula is C16H22F2N2O. The van der Waals surface area contributed by atoms with Gasteiger partial charge in [0.05, 0.1) is 6.42 Å². The summed E-state index contributed by atoms with van der Waals surface area (Å²) in [6, 6.07) is 3.61. The summed E-state index contributed by atoms with van der Waals surface area (Å²) in [5.41, 5.74) is 0.261. The van der Waals surface area contributed by atoms with E-state index in [9.17, 15) is 13.6 Å². The Bertz CT molecular complexity index is 487. The van der Waals surface area contributed by atoms with Crippen LogP contribution >= 0.6 is 0 Å². The van der Waals surface area contributed by atoms with E-state index in [1.165, 1.54) is 12.1 Å². The Hall–Kier alpha value is -1.49. The van der Waals surface area contributed by atoms with Gasteiger partial charge in [0.1, 0.15) is 11.6 Å².